The average Bonchev–Trinajstić information content (AvgIpc) is 2.47. The number of halogens is 1. The number of hydrogen-bond donors (Lipinski definition) is 0. The zero-order chi connectivity index (χ0) is 14.4. The van der Waals surface area contributed by atoms with Crippen molar-refractivity contribution in [3.8, 4) is 0 Å². The van der Waals surface area contributed by atoms with Crippen LogP contribution in [0.5, 0.6) is 0 Å². The van der Waals surface area contributed by atoms with E-state index in [2.05, 4.69) is 18.7 Å². The topological polar surface area (TPSA) is 29.5 Å². The summed E-state index contributed by atoms with van der Waals surface area (Å²) >= 11 is 0. The minimum atomic E-state index is -0.217. The fourth-order valence-electron chi connectivity index (χ4n) is 2.78. The third-order valence-electron chi connectivity index (χ3n) is 4.08. The fraction of sp³-hybridized carbons (Fsp3) is 0.588. The molecule has 1 fully saturated rings. The lowest BCUT2D eigenvalue weighted by Gasteiger charge is -2.36. The molecule has 0 aliphatic carbocycles. The highest BCUT2D eigenvalue weighted by molar-refractivity contribution is 5.89. The van der Waals surface area contributed by atoms with Crippen LogP contribution in [0.2, 0.25) is 0 Å². The first-order valence-electron chi connectivity index (χ1n) is 7.63. The predicted octanol–water partition coefficient (Wildman–Crippen LogP) is 3.78. The van der Waals surface area contributed by atoms with Crippen LogP contribution in [0.15, 0.2) is 30.3 Å². The van der Waals surface area contributed by atoms with Gasteiger partial charge in [0.15, 0.2) is 0 Å². The molecule has 3 nitrogen and oxygen atoms in total. The smallest absolute Gasteiger partial charge is 0.338 e. The van der Waals surface area contributed by atoms with Crippen LogP contribution in [0.3, 0.4) is 0 Å². The molecule has 0 bridgehead atoms. The van der Waals surface area contributed by atoms with Gasteiger partial charge in [0.2, 0.25) is 0 Å². The van der Waals surface area contributed by atoms with Crippen LogP contribution < -0.4 is 0 Å². The molecule has 1 heterocycles. The molecule has 0 saturated carbocycles. The largest absolute Gasteiger partial charge is 0.462 e. The van der Waals surface area contributed by atoms with Crippen molar-refractivity contribution in [3.63, 3.8) is 0 Å². The number of rotatable bonds is 5. The van der Waals surface area contributed by atoms with Gasteiger partial charge in [-0.05, 0) is 44.2 Å². The molecule has 21 heavy (non-hydrogen) atoms. The van der Waals surface area contributed by atoms with Gasteiger partial charge in [-0.3, -0.25) is 0 Å². The SMILES string of the molecule is CC1CCC(C)N(CCCOC(=O)c2ccccc2)C1.Cl. The van der Waals surface area contributed by atoms with E-state index in [1.54, 1.807) is 12.1 Å². The average molecular weight is 312 g/mol. The van der Waals surface area contributed by atoms with Crippen LogP contribution in [0.4, 0.5) is 0 Å². The molecule has 0 radical (unpaired) electrons. The monoisotopic (exact) mass is 311 g/mol. The summed E-state index contributed by atoms with van der Waals surface area (Å²) in [5.41, 5.74) is 0.632. The Balaban J connectivity index is 0.00000220. The summed E-state index contributed by atoms with van der Waals surface area (Å²) < 4.78 is 5.32. The van der Waals surface area contributed by atoms with Crippen molar-refractivity contribution in [2.45, 2.75) is 39.2 Å². The molecule has 1 aromatic rings. The van der Waals surface area contributed by atoms with Gasteiger partial charge in [-0.15, -0.1) is 12.4 Å². The van der Waals surface area contributed by atoms with Gasteiger partial charge in [0.25, 0.3) is 0 Å². The standard InChI is InChI=1S/C17H25NO2.ClH/c1-14-9-10-15(2)18(13-14)11-6-12-20-17(19)16-7-4-3-5-8-16;/h3-5,7-8,14-15H,6,9-13H2,1-2H3;1H. The Morgan fingerprint density at radius 3 is 2.67 bits per heavy atom. The first kappa shape index (κ1) is 18.0. The minimum absolute atomic E-state index is 0. The van der Waals surface area contributed by atoms with Crippen LogP contribution >= 0.6 is 12.4 Å². The second-order valence-corrected chi connectivity index (χ2v) is 5.88. The lowest BCUT2D eigenvalue weighted by molar-refractivity contribution is 0.0465. The molecule has 2 rings (SSSR count). The molecule has 118 valence electrons. The lowest BCUT2D eigenvalue weighted by atomic mass is 9.95. The molecule has 1 saturated heterocycles. The Kier molecular flexibility index (Phi) is 7.76. The van der Waals surface area contributed by atoms with Gasteiger partial charge in [-0.25, -0.2) is 4.79 Å². The highest BCUT2D eigenvalue weighted by Gasteiger charge is 2.22. The van der Waals surface area contributed by atoms with Crippen molar-refractivity contribution in [1.82, 2.24) is 4.90 Å². The Labute approximate surface area is 134 Å². The van der Waals surface area contributed by atoms with Gasteiger partial charge in [0.05, 0.1) is 12.2 Å². The molecule has 1 aromatic carbocycles. The van der Waals surface area contributed by atoms with E-state index in [0.29, 0.717) is 18.2 Å². The van der Waals surface area contributed by atoms with Crippen molar-refractivity contribution >= 4 is 18.4 Å². The number of likely N-dealkylation sites (tertiary alicyclic amines) is 1. The molecule has 1 aliphatic heterocycles. The molecule has 2 unspecified atom stereocenters. The van der Waals surface area contributed by atoms with E-state index in [-0.39, 0.29) is 18.4 Å². The van der Waals surface area contributed by atoms with Crippen LogP contribution in [0.1, 0.15) is 43.5 Å². The third-order valence-corrected chi connectivity index (χ3v) is 4.08. The normalized spacial score (nSPS) is 22.4. The zero-order valence-electron chi connectivity index (χ0n) is 13.0. The van der Waals surface area contributed by atoms with E-state index in [4.69, 9.17) is 4.74 Å². The summed E-state index contributed by atoms with van der Waals surface area (Å²) in [4.78, 5) is 14.3. The number of hydrogen-bond acceptors (Lipinski definition) is 3. The van der Waals surface area contributed by atoms with Gasteiger partial charge in [-0.1, -0.05) is 25.1 Å². The van der Waals surface area contributed by atoms with Gasteiger partial charge < -0.3 is 9.64 Å². The molecular weight excluding hydrogens is 286 g/mol. The molecule has 0 amide bonds. The Morgan fingerprint density at radius 1 is 1.24 bits per heavy atom. The van der Waals surface area contributed by atoms with Crippen LogP contribution in [0.25, 0.3) is 0 Å². The molecule has 4 heteroatoms. The summed E-state index contributed by atoms with van der Waals surface area (Å²) in [5.74, 6) is 0.573. The highest BCUT2D eigenvalue weighted by Crippen LogP contribution is 2.21. The van der Waals surface area contributed by atoms with Gasteiger partial charge in [-0.2, -0.15) is 0 Å². The van der Waals surface area contributed by atoms with Crippen molar-refractivity contribution in [2.24, 2.45) is 5.92 Å². The van der Waals surface area contributed by atoms with Crippen molar-refractivity contribution < 1.29 is 9.53 Å². The number of ether oxygens (including phenoxy) is 1. The van der Waals surface area contributed by atoms with E-state index >= 15 is 0 Å². The van der Waals surface area contributed by atoms with Crippen molar-refractivity contribution in [1.29, 1.82) is 0 Å². The van der Waals surface area contributed by atoms with E-state index < -0.39 is 0 Å². The number of carbonyl (C=O) groups is 1. The van der Waals surface area contributed by atoms with Gasteiger partial charge in [0, 0.05) is 19.1 Å². The highest BCUT2D eigenvalue weighted by atomic mass is 35.5. The number of nitrogens with zero attached hydrogens (tertiary/aromatic N) is 1. The molecular formula is C17H26ClNO2. The van der Waals surface area contributed by atoms with E-state index in [0.717, 1.165) is 18.9 Å². The lowest BCUT2D eigenvalue weighted by Crippen LogP contribution is -2.41. The van der Waals surface area contributed by atoms with E-state index in [9.17, 15) is 4.79 Å². The number of benzene rings is 1. The first-order chi connectivity index (χ1) is 9.66. The Hall–Kier alpha value is -1.06. The van der Waals surface area contributed by atoms with Gasteiger partial charge >= 0.3 is 5.97 Å². The second-order valence-electron chi connectivity index (χ2n) is 5.88. The van der Waals surface area contributed by atoms with Crippen LogP contribution in [-0.4, -0.2) is 36.6 Å². The van der Waals surface area contributed by atoms with Crippen molar-refractivity contribution in [2.75, 3.05) is 19.7 Å². The van der Waals surface area contributed by atoms with Crippen molar-refractivity contribution in [3.05, 3.63) is 35.9 Å². The summed E-state index contributed by atoms with van der Waals surface area (Å²) in [7, 11) is 0. The summed E-state index contributed by atoms with van der Waals surface area (Å²) in [6.07, 6.45) is 3.53. The molecule has 0 N–H and O–H groups in total. The van der Waals surface area contributed by atoms with Crippen LogP contribution in [-0.2, 0) is 4.74 Å². The second kappa shape index (κ2) is 9.06. The fourth-order valence-corrected chi connectivity index (χ4v) is 2.78. The van der Waals surface area contributed by atoms with E-state index in [1.807, 2.05) is 18.2 Å². The Morgan fingerprint density at radius 2 is 1.95 bits per heavy atom. The number of piperidine rings is 1. The van der Waals surface area contributed by atoms with Gasteiger partial charge in [0.1, 0.15) is 0 Å². The minimum Gasteiger partial charge on any atom is -0.462 e. The predicted molar refractivity (Wildman–Crippen MR) is 88.0 cm³/mol. The Bertz CT molecular complexity index is 424. The number of esters is 1. The maximum atomic E-state index is 11.8. The third kappa shape index (κ3) is 5.68. The summed E-state index contributed by atoms with van der Waals surface area (Å²) in [5, 5.41) is 0. The maximum Gasteiger partial charge on any atom is 0.338 e. The van der Waals surface area contributed by atoms with Crippen LogP contribution in [0, 0.1) is 5.92 Å². The molecule has 0 aromatic heterocycles. The quantitative estimate of drug-likeness (QED) is 0.612. The number of carbonyl (C=O) groups excluding carboxylic acids is 1. The zero-order valence-corrected chi connectivity index (χ0v) is 13.8. The molecule has 0 spiro atoms. The summed E-state index contributed by atoms with van der Waals surface area (Å²) in [6, 6.07) is 9.85. The molecule has 2 atom stereocenters. The van der Waals surface area contributed by atoms with E-state index in [1.165, 1.54) is 19.4 Å². The molecule has 1 aliphatic rings. The first-order valence-corrected chi connectivity index (χ1v) is 7.63. The maximum absolute atomic E-state index is 11.8. The summed E-state index contributed by atoms with van der Waals surface area (Å²) in [6.45, 7) is 7.31.